The Morgan fingerprint density at radius 2 is 1.93 bits per heavy atom. The molecule has 1 fully saturated rings. The van der Waals surface area contributed by atoms with Crippen LogP contribution in [0, 0.1) is 0 Å². The lowest BCUT2D eigenvalue weighted by Crippen LogP contribution is -2.27. The van der Waals surface area contributed by atoms with Crippen molar-refractivity contribution in [3.8, 4) is 28.6 Å². The van der Waals surface area contributed by atoms with E-state index >= 15 is 0 Å². The lowest BCUT2D eigenvalue weighted by Gasteiger charge is -2.16. The number of hydrogen-bond acceptors (Lipinski definition) is 4. The highest BCUT2D eigenvalue weighted by Crippen LogP contribution is 2.41. The van der Waals surface area contributed by atoms with Gasteiger partial charge >= 0.3 is 6.03 Å². The first kappa shape index (κ1) is 16.0. The van der Waals surface area contributed by atoms with Crippen molar-refractivity contribution < 1.29 is 14.3 Å². The highest BCUT2D eigenvalue weighted by molar-refractivity contribution is 6.33. The number of imidazole rings is 1. The van der Waals surface area contributed by atoms with Gasteiger partial charge in [-0.2, -0.15) is 0 Å². The largest absolute Gasteiger partial charge is 0.454 e. The normalized spacial score (nSPS) is 15.3. The highest BCUT2D eigenvalue weighted by atomic mass is 35.5. The second-order valence-electron chi connectivity index (χ2n) is 6.21. The summed E-state index contributed by atoms with van der Waals surface area (Å²) in [6.07, 6.45) is 3.57. The van der Waals surface area contributed by atoms with E-state index < -0.39 is 0 Å². The number of aromatic nitrogens is 2. The Labute approximate surface area is 160 Å². The fourth-order valence-corrected chi connectivity index (χ4v) is 3.57. The number of amides is 2. The maximum absolute atomic E-state index is 12.0. The van der Waals surface area contributed by atoms with Gasteiger partial charge in [-0.15, -0.1) is 0 Å². The Balaban J connectivity index is 1.57. The molecule has 2 aromatic carbocycles. The molecule has 3 heterocycles. The first-order valence-electron chi connectivity index (χ1n) is 8.49. The maximum Gasteiger partial charge on any atom is 0.321 e. The van der Waals surface area contributed by atoms with Crippen molar-refractivity contribution in [2.75, 3.05) is 24.8 Å². The molecule has 3 aromatic rings. The number of ether oxygens (including phenoxy) is 2. The Kier molecular flexibility index (Phi) is 3.68. The van der Waals surface area contributed by atoms with Gasteiger partial charge in [0, 0.05) is 48.5 Å². The van der Waals surface area contributed by atoms with Gasteiger partial charge in [-0.05, 0) is 24.3 Å². The van der Waals surface area contributed by atoms with Gasteiger partial charge in [-0.3, -0.25) is 9.47 Å². The molecule has 2 amide bonds. The number of fused-ring (bicyclic) bond motifs is 1. The fourth-order valence-electron chi connectivity index (χ4n) is 3.33. The van der Waals surface area contributed by atoms with E-state index in [2.05, 4.69) is 10.3 Å². The minimum absolute atomic E-state index is 0.0863. The molecule has 0 unspecified atom stereocenters. The molecule has 0 saturated carbocycles. The van der Waals surface area contributed by atoms with Gasteiger partial charge in [-0.25, -0.2) is 9.78 Å². The van der Waals surface area contributed by atoms with Gasteiger partial charge < -0.3 is 14.8 Å². The van der Waals surface area contributed by atoms with Crippen molar-refractivity contribution in [3.05, 3.63) is 53.8 Å². The van der Waals surface area contributed by atoms with Crippen molar-refractivity contribution in [2.24, 2.45) is 0 Å². The zero-order valence-electron chi connectivity index (χ0n) is 14.2. The maximum atomic E-state index is 12.0. The van der Waals surface area contributed by atoms with E-state index in [1.165, 1.54) is 0 Å². The molecule has 2 aliphatic rings. The Morgan fingerprint density at radius 1 is 1.11 bits per heavy atom. The van der Waals surface area contributed by atoms with E-state index in [-0.39, 0.29) is 12.8 Å². The van der Waals surface area contributed by atoms with Crippen molar-refractivity contribution >= 4 is 23.3 Å². The van der Waals surface area contributed by atoms with Gasteiger partial charge in [0.05, 0.1) is 5.02 Å². The summed E-state index contributed by atoms with van der Waals surface area (Å²) in [5.74, 6) is 1.96. The number of nitrogens with zero attached hydrogens (tertiary/aromatic N) is 3. The van der Waals surface area contributed by atoms with Gasteiger partial charge in [0.25, 0.3) is 0 Å². The molecule has 0 atom stereocenters. The van der Waals surface area contributed by atoms with Gasteiger partial charge in [0.15, 0.2) is 11.5 Å². The Bertz CT molecular complexity index is 1050. The van der Waals surface area contributed by atoms with Crippen LogP contribution in [-0.4, -0.2) is 35.5 Å². The SMILES string of the molecule is O=C1NCCN1c1cccc(-n2ccnc2-c2cc3c(cc2Cl)OCO3)c1. The first-order valence-corrected chi connectivity index (χ1v) is 8.87. The highest BCUT2D eigenvalue weighted by Gasteiger charge is 2.23. The topological polar surface area (TPSA) is 68.6 Å². The number of hydrogen-bond donors (Lipinski definition) is 1. The molecular formula is C19H15ClN4O3. The number of urea groups is 1. The van der Waals surface area contributed by atoms with Crippen LogP contribution < -0.4 is 19.7 Å². The van der Waals surface area contributed by atoms with Crippen molar-refractivity contribution in [1.29, 1.82) is 0 Å². The standard InChI is InChI=1S/C19H15ClN4O3/c20-15-10-17-16(26-11-27-17)9-14(15)18-21-4-6-23(18)12-2-1-3-13(8-12)24-7-5-22-19(24)25/h1-4,6,8-10H,5,7,11H2,(H,22,25). The molecule has 2 aliphatic heterocycles. The average molecular weight is 383 g/mol. The zero-order valence-corrected chi connectivity index (χ0v) is 14.9. The summed E-state index contributed by atoms with van der Waals surface area (Å²) in [6.45, 7) is 1.47. The number of carbonyl (C=O) groups is 1. The van der Waals surface area contributed by atoms with Crippen molar-refractivity contribution in [3.63, 3.8) is 0 Å². The summed E-state index contributed by atoms with van der Waals surface area (Å²) < 4.78 is 12.8. The predicted molar refractivity (Wildman–Crippen MR) is 101 cm³/mol. The number of anilines is 1. The fraction of sp³-hybridized carbons (Fsp3) is 0.158. The molecule has 136 valence electrons. The average Bonchev–Trinajstić information content (AvgIpc) is 3.41. The van der Waals surface area contributed by atoms with Crippen LogP contribution >= 0.6 is 11.6 Å². The molecule has 1 aromatic heterocycles. The number of carbonyl (C=O) groups excluding carboxylic acids is 1. The third-order valence-electron chi connectivity index (χ3n) is 4.62. The van der Waals surface area contributed by atoms with Crippen LogP contribution in [0.25, 0.3) is 17.1 Å². The second-order valence-corrected chi connectivity index (χ2v) is 6.62. The first-order chi connectivity index (χ1) is 13.2. The minimum Gasteiger partial charge on any atom is -0.454 e. The quantitative estimate of drug-likeness (QED) is 0.753. The monoisotopic (exact) mass is 382 g/mol. The Hall–Kier alpha value is -3.19. The van der Waals surface area contributed by atoms with Crippen molar-refractivity contribution in [2.45, 2.75) is 0 Å². The third-order valence-corrected chi connectivity index (χ3v) is 4.93. The lowest BCUT2D eigenvalue weighted by molar-refractivity contribution is 0.174. The van der Waals surface area contributed by atoms with E-state index in [1.54, 1.807) is 17.2 Å². The summed E-state index contributed by atoms with van der Waals surface area (Å²) >= 11 is 6.46. The van der Waals surface area contributed by atoms with Gasteiger partial charge in [0.2, 0.25) is 6.79 Å². The summed E-state index contributed by atoms with van der Waals surface area (Å²) in [5, 5.41) is 3.34. The van der Waals surface area contributed by atoms with Crippen LogP contribution in [0.5, 0.6) is 11.5 Å². The lowest BCUT2D eigenvalue weighted by atomic mass is 10.1. The summed E-state index contributed by atoms with van der Waals surface area (Å²) in [6, 6.07) is 11.2. The van der Waals surface area contributed by atoms with Gasteiger partial charge in [0.1, 0.15) is 5.82 Å². The molecule has 0 aliphatic carbocycles. The van der Waals surface area contributed by atoms with E-state index in [4.69, 9.17) is 21.1 Å². The second kappa shape index (κ2) is 6.21. The minimum atomic E-state index is -0.0863. The van der Waals surface area contributed by atoms with E-state index in [0.717, 1.165) is 16.9 Å². The predicted octanol–water partition coefficient (Wildman–Crippen LogP) is 3.45. The molecule has 7 nitrogen and oxygen atoms in total. The number of rotatable bonds is 3. The molecular weight excluding hydrogens is 368 g/mol. The van der Waals surface area contributed by atoms with E-state index in [9.17, 15) is 4.79 Å². The van der Waals surface area contributed by atoms with Crippen LogP contribution in [0.4, 0.5) is 10.5 Å². The summed E-state index contributed by atoms with van der Waals surface area (Å²) in [7, 11) is 0. The molecule has 0 spiro atoms. The third kappa shape index (κ3) is 2.67. The molecule has 8 heteroatoms. The van der Waals surface area contributed by atoms with E-state index in [1.807, 2.05) is 41.1 Å². The van der Waals surface area contributed by atoms with Crippen molar-refractivity contribution in [1.82, 2.24) is 14.9 Å². The molecule has 1 saturated heterocycles. The van der Waals surface area contributed by atoms with Crippen LogP contribution in [0.2, 0.25) is 5.02 Å². The van der Waals surface area contributed by atoms with Crippen LogP contribution in [0.15, 0.2) is 48.8 Å². The molecule has 0 radical (unpaired) electrons. The molecule has 1 N–H and O–H groups in total. The summed E-state index contributed by atoms with van der Waals surface area (Å²) in [5.41, 5.74) is 2.46. The number of halogens is 1. The number of benzene rings is 2. The van der Waals surface area contributed by atoms with Crippen LogP contribution in [0.1, 0.15) is 0 Å². The van der Waals surface area contributed by atoms with Gasteiger partial charge in [-0.1, -0.05) is 17.7 Å². The van der Waals surface area contributed by atoms with Crippen LogP contribution in [-0.2, 0) is 0 Å². The smallest absolute Gasteiger partial charge is 0.321 e. The molecule has 27 heavy (non-hydrogen) atoms. The Morgan fingerprint density at radius 3 is 2.74 bits per heavy atom. The molecule has 5 rings (SSSR count). The zero-order chi connectivity index (χ0) is 18.4. The molecule has 0 bridgehead atoms. The number of nitrogens with one attached hydrogen (secondary N) is 1. The van der Waals surface area contributed by atoms with Crippen LogP contribution in [0.3, 0.4) is 0 Å². The van der Waals surface area contributed by atoms with E-state index in [0.29, 0.717) is 35.4 Å². The summed E-state index contributed by atoms with van der Waals surface area (Å²) in [4.78, 5) is 18.2.